The summed E-state index contributed by atoms with van der Waals surface area (Å²) in [6, 6.07) is -0.629. The Balaban J connectivity index is 2.26. The maximum Gasteiger partial charge on any atom is 0.244 e. The highest BCUT2D eigenvalue weighted by atomic mass is 32.2. The lowest BCUT2D eigenvalue weighted by Gasteiger charge is -2.11. The molecule has 3 N–H and O–H groups in total. The van der Waals surface area contributed by atoms with Crippen molar-refractivity contribution in [3.05, 3.63) is 11.4 Å². The van der Waals surface area contributed by atoms with Crippen molar-refractivity contribution in [3.8, 4) is 0 Å². The Hall–Kier alpha value is -0.970. The Morgan fingerprint density at radius 2 is 2.21 bits per heavy atom. The van der Waals surface area contributed by atoms with Crippen molar-refractivity contribution in [3.63, 3.8) is 0 Å². The molecule has 1 aromatic heterocycles. The lowest BCUT2D eigenvalue weighted by atomic mass is 10.3. The minimum Gasteiger partial charge on any atom is -0.390 e. The number of hydrogen-bond acceptors (Lipinski definition) is 6. The first-order valence-corrected chi connectivity index (χ1v) is 8.93. The van der Waals surface area contributed by atoms with Crippen LogP contribution in [0.4, 0.5) is 0 Å². The van der Waals surface area contributed by atoms with Crippen LogP contribution in [0.25, 0.3) is 0 Å². The molecule has 0 radical (unpaired) electrons. The van der Waals surface area contributed by atoms with Gasteiger partial charge in [0.1, 0.15) is 10.6 Å². The number of aromatic amines is 1. The molecule has 0 aliphatic carbocycles. The Labute approximate surface area is 111 Å². The van der Waals surface area contributed by atoms with E-state index in [0.717, 1.165) is 0 Å². The largest absolute Gasteiger partial charge is 0.390 e. The first kappa shape index (κ1) is 14.4. The van der Waals surface area contributed by atoms with Gasteiger partial charge in [0, 0.05) is 6.04 Å². The van der Waals surface area contributed by atoms with E-state index in [1.165, 1.54) is 6.92 Å². The van der Waals surface area contributed by atoms with Gasteiger partial charge in [0.25, 0.3) is 0 Å². The fraction of sp³-hybridized carbons (Fsp3) is 0.667. The van der Waals surface area contributed by atoms with Crippen LogP contribution in [0, 0.1) is 6.92 Å². The molecule has 2 rings (SSSR count). The van der Waals surface area contributed by atoms with Crippen molar-refractivity contribution in [1.82, 2.24) is 14.9 Å². The minimum atomic E-state index is -3.89. The quantitative estimate of drug-likeness (QED) is 0.632. The zero-order valence-corrected chi connectivity index (χ0v) is 11.9. The molecular formula is C9H15N3O5S2. The Bertz CT molecular complexity index is 677. The monoisotopic (exact) mass is 309 g/mol. The van der Waals surface area contributed by atoms with E-state index in [1.54, 1.807) is 0 Å². The normalized spacial score (nSPS) is 22.7. The SMILES string of the molecule is Cc1[nH]nc(CO)c1S(=O)(=O)NC1CCS(=O)(=O)C1. The molecule has 0 saturated carbocycles. The maximum atomic E-state index is 12.2. The Morgan fingerprint density at radius 3 is 2.74 bits per heavy atom. The smallest absolute Gasteiger partial charge is 0.244 e. The number of aliphatic hydroxyl groups is 1. The molecular weight excluding hydrogens is 294 g/mol. The number of aliphatic hydroxyl groups excluding tert-OH is 1. The summed E-state index contributed by atoms with van der Waals surface area (Å²) in [5, 5.41) is 15.2. The second-order valence-electron chi connectivity index (χ2n) is 4.50. The Kier molecular flexibility index (Phi) is 3.69. The van der Waals surface area contributed by atoms with E-state index in [1.807, 2.05) is 0 Å². The van der Waals surface area contributed by atoms with Gasteiger partial charge in [0.15, 0.2) is 9.84 Å². The van der Waals surface area contributed by atoms with Gasteiger partial charge in [-0.2, -0.15) is 5.10 Å². The van der Waals surface area contributed by atoms with Crippen molar-refractivity contribution in [2.24, 2.45) is 0 Å². The highest BCUT2D eigenvalue weighted by Gasteiger charge is 2.33. The summed E-state index contributed by atoms with van der Waals surface area (Å²) in [5.41, 5.74) is 0.322. The molecule has 1 saturated heterocycles. The molecule has 2 heterocycles. The average molecular weight is 309 g/mol. The van der Waals surface area contributed by atoms with Crippen LogP contribution in [0.2, 0.25) is 0 Å². The van der Waals surface area contributed by atoms with Gasteiger partial charge in [-0.3, -0.25) is 5.10 Å². The number of hydrogen-bond donors (Lipinski definition) is 3. The Morgan fingerprint density at radius 1 is 1.53 bits per heavy atom. The highest BCUT2D eigenvalue weighted by molar-refractivity contribution is 7.92. The van der Waals surface area contributed by atoms with E-state index < -0.39 is 32.5 Å². The van der Waals surface area contributed by atoms with E-state index in [2.05, 4.69) is 14.9 Å². The summed E-state index contributed by atoms with van der Waals surface area (Å²) in [6.45, 7) is 1.01. The topological polar surface area (TPSA) is 129 Å². The van der Waals surface area contributed by atoms with Crippen LogP contribution in [0.1, 0.15) is 17.8 Å². The maximum absolute atomic E-state index is 12.2. The van der Waals surface area contributed by atoms with Crippen LogP contribution < -0.4 is 4.72 Å². The molecule has 1 aromatic rings. The van der Waals surface area contributed by atoms with Gasteiger partial charge in [-0.1, -0.05) is 0 Å². The number of nitrogens with one attached hydrogen (secondary N) is 2. The van der Waals surface area contributed by atoms with Crippen LogP contribution in [0.15, 0.2) is 4.90 Å². The summed E-state index contributed by atoms with van der Waals surface area (Å²) in [6.07, 6.45) is 0.257. The summed E-state index contributed by atoms with van der Waals surface area (Å²) < 4.78 is 49.3. The van der Waals surface area contributed by atoms with Gasteiger partial charge in [0.05, 0.1) is 23.8 Å². The van der Waals surface area contributed by atoms with E-state index >= 15 is 0 Å². The van der Waals surface area contributed by atoms with Crippen molar-refractivity contribution in [2.45, 2.75) is 30.9 Å². The third-order valence-corrected chi connectivity index (χ3v) is 6.42. The average Bonchev–Trinajstić information content (AvgIpc) is 2.81. The molecule has 0 spiro atoms. The second-order valence-corrected chi connectivity index (χ2v) is 8.38. The molecule has 108 valence electrons. The lowest BCUT2D eigenvalue weighted by molar-refractivity contribution is 0.273. The molecule has 0 amide bonds. The third-order valence-electron chi connectivity index (χ3n) is 2.93. The van der Waals surface area contributed by atoms with Crippen LogP contribution >= 0.6 is 0 Å². The number of aromatic nitrogens is 2. The second kappa shape index (κ2) is 4.85. The molecule has 0 aromatic carbocycles. The van der Waals surface area contributed by atoms with Crippen molar-refractivity contribution < 1.29 is 21.9 Å². The minimum absolute atomic E-state index is 0.0165. The van der Waals surface area contributed by atoms with Gasteiger partial charge in [-0.15, -0.1) is 0 Å². The summed E-state index contributed by atoms with van der Waals surface area (Å²) in [4.78, 5) is -0.112. The first-order valence-electron chi connectivity index (χ1n) is 5.62. The van der Waals surface area contributed by atoms with Gasteiger partial charge in [0.2, 0.25) is 10.0 Å². The van der Waals surface area contributed by atoms with Gasteiger partial charge in [-0.05, 0) is 13.3 Å². The number of rotatable bonds is 4. The standard InChI is InChI=1S/C9H15N3O5S2/c1-6-9(8(4-13)11-10-6)19(16,17)12-7-2-3-18(14,15)5-7/h7,12-13H,2-5H2,1H3,(H,10,11). The van der Waals surface area contributed by atoms with Crippen LogP contribution in [-0.4, -0.2) is 49.7 Å². The summed E-state index contributed by atoms with van der Waals surface area (Å²) >= 11 is 0. The molecule has 10 heteroatoms. The zero-order valence-electron chi connectivity index (χ0n) is 10.2. The molecule has 1 fully saturated rings. The lowest BCUT2D eigenvalue weighted by Crippen LogP contribution is -2.36. The number of sulfonamides is 1. The summed E-state index contributed by atoms with van der Waals surface area (Å²) in [7, 11) is -7.05. The molecule has 1 aliphatic rings. The molecule has 0 bridgehead atoms. The van der Waals surface area contributed by atoms with E-state index in [4.69, 9.17) is 5.11 Å². The molecule has 1 atom stereocenters. The van der Waals surface area contributed by atoms with E-state index in [9.17, 15) is 16.8 Å². The predicted molar refractivity (Wildman–Crippen MR) is 66.6 cm³/mol. The van der Waals surface area contributed by atoms with Crippen molar-refractivity contribution >= 4 is 19.9 Å². The fourth-order valence-corrected chi connectivity index (χ4v) is 5.51. The molecule has 1 unspecified atom stereocenters. The number of aryl methyl sites for hydroxylation is 1. The van der Waals surface area contributed by atoms with E-state index in [0.29, 0.717) is 5.69 Å². The van der Waals surface area contributed by atoms with Crippen molar-refractivity contribution in [2.75, 3.05) is 11.5 Å². The van der Waals surface area contributed by atoms with Gasteiger partial charge < -0.3 is 5.11 Å². The third kappa shape index (κ3) is 2.96. The molecule has 8 nitrogen and oxygen atoms in total. The molecule has 19 heavy (non-hydrogen) atoms. The highest BCUT2D eigenvalue weighted by Crippen LogP contribution is 2.20. The zero-order chi connectivity index (χ0) is 14.3. The van der Waals surface area contributed by atoms with Gasteiger partial charge in [-0.25, -0.2) is 21.6 Å². The number of nitrogens with zero attached hydrogens (tertiary/aromatic N) is 1. The van der Waals surface area contributed by atoms with Gasteiger partial charge >= 0.3 is 0 Å². The predicted octanol–water partition coefficient (Wildman–Crippen LogP) is -1.32. The first-order chi connectivity index (χ1) is 8.75. The number of sulfone groups is 1. The van der Waals surface area contributed by atoms with E-state index in [-0.39, 0.29) is 28.5 Å². The van der Waals surface area contributed by atoms with Crippen LogP contribution in [0.3, 0.4) is 0 Å². The van der Waals surface area contributed by atoms with Crippen LogP contribution in [0.5, 0.6) is 0 Å². The number of H-pyrrole nitrogens is 1. The summed E-state index contributed by atoms with van der Waals surface area (Å²) in [5.74, 6) is -0.213. The molecule has 1 aliphatic heterocycles. The fourth-order valence-electron chi connectivity index (χ4n) is 2.10. The van der Waals surface area contributed by atoms with Crippen molar-refractivity contribution in [1.29, 1.82) is 0 Å². The van der Waals surface area contributed by atoms with Crippen LogP contribution in [-0.2, 0) is 26.5 Å².